The number of benzene rings is 11. The van der Waals surface area contributed by atoms with Gasteiger partial charge in [0, 0.05) is 16.5 Å². The molecule has 12 rings (SSSR count). The second-order valence-electron chi connectivity index (χ2n) is 16.2. The Balaban J connectivity index is 1.12. The number of aromatic nitrogens is 1. The van der Waals surface area contributed by atoms with Crippen LogP contribution in [0.5, 0.6) is 0 Å². The minimum absolute atomic E-state index is 1.14. The number of aryl methyl sites for hydroxylation is 1. The van der Waals surface area contributed by atoms with E-state index in [1.165, 1.54) is 115 Å². The zero-order valence-electron chi connectivity index (χ0n) is 33.2. The lowest BCUT2D eigenvalue weighted by Gasteiger charge is -2.18. The maximum Gasteiger partial charge on any atom is 0.0541 e. The fourth-order valence-corrected chi connectivity index (χ4v) is 9.65. The van der Waals surface area contributed by atoms with Gasteiger partial charge in [-0.3, -0.25) is 0 Å². The molecule has 1 heterocycles. The van der Waals surface area contributed by atoms with Crippen LogP contribution in [0.1, 0.15) is 5.56 Å². The molecule has 12 aromatic rings. The normalized spacial score (nSPS) is 11.8. The van der Waals surface area contributed by atoms with Gasteiger partial charge in [-0.2, -0.15) is 0 Å². The minimum Gasteiger partial charge on any atom is -0.309 e. The van der Waals surface area contributed by atoms with Crippen LogP contribution in [0.25, 0.3) is 115 Å². The average Bonchev–Trinajstić information content (AvgIpc) is 3.64. The predicted molar refractivity (Wildman–Crippen MR) is 256 cm³/mol. The summed E-state index contributed by atoms with van der Waals surface area (Å²) < 4.78 is 2.48. The predicted octanol–water partition coefficient (Wildman–Crippen LogP) is 16.3. The Bertz CT molecular complexity index is 3460. The van der Waals surface area contributed by atoms with E-state index in [4.69, 9.17) is 0 Å². The van der Waals surface area contributed by atoms with E-state index >= 15 is 0 Å². The number of rotatable bonds is 6. The molecule has 0 atom stereocenters. The molecule has 0 amide bonds. The fraction of sp³-hybridized carbons (Fsp3) is 0.0169. The molecule has 0 spiro atoms. The third kappa shape index (κ3) is 5.55. The Hall–Kier alpha value is -7.74. The zero-order valence-corrected chi connectivity index (χ0v) is 33.2. The third-order valence-electron chi connectivity index (χ3n) is 12.6. The van der Waals surface area contributed by atoms with Crippen LogP contribution in [-0.2, 0) is 0 Å². The summed E-state index contributed by atoms with van der Waals surface area (Å²) in [5, 5.41) is 10.2. The quantitative estimate of drug-likeness (QED) is 0.149. The highest BCUT2D eigenvalue weighted by Gasteiger charge is 2.19. The van der Waals surface area contributed by atoms with Crippen molar-refractivity contribution in [3.8, 4) is 61.3 Å². The highest BCUT2D eigenvalue weighted by molar-refractivity contribution is 6.27. The van der Waals surface area contributed by atoms with Crippen LogP contribution in [0.2, 0.25) is 0 Å². The lowest BCUT2D eigenvalue weighted by Crippen LogP contribution is -1.97. The Labute approximate surface area is 349 Å². The van der Waals surface area contributed by atoms with E-state index in [2.05, 4.69) is 230 Å². The van der Waals surface area contributed by atoms with Gasteiger partial charge in [-0.15, -0.1) is 0 Å². The molecule has 0 saturated carbocycles. The van der Waals surface area contributed by atoms with E-state index in [0.717, 1.165) is 5.69 Å². The molecule has 0 fully saturated rings. The van der Waals surface area contributed by atoms with Crippen LogP contribution >= 0.6 is 0 Å². The van der Waals surface area contributed by atoms with Crippen molar-refractivity contribution in [1.29, 1.82) is 0 Å². The largest absolute Gasteiger partial charge is 0.309 e. The van der Waals surface area contributed by atoms with E-state index in [-0.39, 0.29) is 0 Å². The first-order chi connectivity index (χ1) is 29.6. The summed E-state index contributed by atoms with van der Waals surface area (Å²) in [7, 11) is 0. The van der Waals surface area contributed by atoms with E-state index in [0.29, 0.717) is 0 Å². The van der Waals surface area contributed by atoms with Gasteiger partial charge >= 0.3 is 0 Å². The van der Waals surface area contributed by atoms with Gasteiger partial charge in [-0.05, 0) is 137 Å². The summed E-state index contributed by atoms with van der Waals surface area (Å²) >= 11 is 0. The highest BCUT2D eigenvalue weighted by Crippen LogP contribution is 2.44. The van der Waals surface area contributed by atoms with Gasteiger partial charge in [0.05, 0.1) is 11.0 Å². The molecule has 1 nitrogen and oxygen atoms in total. The van der Waals surface area contributed by atoms with E-state index in [1.54, 1.807) is 0 Å². The number of hydrogen-bond acceptors (Lipinski definition) is 0. The van der Waals surface area contributed by atoms with Crippen LogP contribution in [0.3, 0.4) is 0 Å². The lowest BCUT2D eigenvalue weighted by atomic mass is 9.86. The van der Waals surface area contributed by atoms with Crippen LogP contribution in [0.15, 0.2) is 218 Å². The zero-order chi connectivity index (χ0) is 39.7. The Morgan fingerprint density at radius 3 is 1.23 bits per heavy atom. The molecule has 1 heteroatoms. The summed E-state index contributed by atoms with van der Waals surface area (Å²) in [4.78, 5) is 0. The van der Waals surface area contributed by atoms with Crippen molar-refractivity contribution in [2.75, 3.05) is 0 Å². The molecule has 60 heavy (non-hydrogen) atoms. The van der Waals surface area contributed by atoms with E-state index in [1.807, 2.05) is 0 Å². The molecular weight excluding hydrogens is 723 g/mol. The van der Waals surface area contributed by atoms with Crippen molar-refractivity contribution in [1.82, 2.24) is 4.57 Å². The van der Waals surface area contributed by atoms with Gasteiger partial charge in [-0.25, -0.2) is 0 Å². The molecule has 0 radical (unpaired) electrons. The molecule has 0 aliphatic carbocycles. The summed E-state index contributed by atoms with van der Waals surface area (Å²) in [6.07, 6.45) is 0. The highest BCUT2D eigenvalue weighted by atomic mass is 15.0. The molecule has 0 bridgehead atoms. The average molecular weight is 762 g/mol. The smallest absolute Gasteiger partial charge is 0.0541 e. The second kappa shape index (κ2) is 13.7. The molecule has 0 unspecified atom stereocenters. The summed E-state index contributed by atoms with van der Waals surface area (Å²) in [5.74, 6) is 0. The maximum absolute atomic E-state index is 2.48. The van der Waals surface area contributed by atoms with Crippen molar-refractivity contribution in [3.63, 3.8) is 0 Å². The van der Waals surface area contributed by atoms with Crippen molar-refractivity contribution in [2.45, 2.75) is 6.92 Å². The molecule has 280 valence electrons. The van der Waals surface area contributed by atoms with Gasteiger partial charge in [0.1, 0.15) is 0 Å². The number of hydrogen-bond donors (Lipinski definition) is 0. The molecular formula is C59H39N. The second-order valence-corrected chi connectivity index (χ2v) is 16.2. The van der Waals surface area contributed by atoms with Gasteiger partial charge in [0.2, 0.25) is 0 Å². The molecule has 11 aromatic carbocycles. The summed E-state index contributed by atoms with van der Waals surface area (Å²) in [6.45, 7) is 2.15. The maximum atomic E-state index is 2.48. The number of fused-ring (bicyclic) bond motifs is 3. The van der Waals surface area contributed by atoms with Gasteiger partial charge < -0.3 is 4.57 Å². The van der Waals surface area contributed by atoms with Gasteiger partial charge in [-0.1, -0.05) is 181 Å². The SMILES string of the molecule is Cc1ccc(-c2ccc3ccc4c(-c5cc(-c6ccccc6)cc(-n6c7ccc(-c8ccccc8)cc7c7cc(-c8ccccc8)ccc76)c5)ccc5ccc2c3c54)cc1. The monoisotopic (exact) mass is 761 g/mol. The summed E-state index contributed by atoms with van der Waals surface area (Å²) in [6, 6.07) is 80.9. The van der Waals surface area contributed by atoms with Crippen LogP contribution in [-0.4, -0.2) is 4.57 Å². The Kier molecular flexibility index (Phi) is 7.83. The molecule has 0 N–H and O–H groups in total. The standard InChI is InChI=1S/C59H39N/c1-38-17-19-42(20-18-38)50-27-21-43-24-30-53-51(28-22-44-23-29-52(50)58(43)59(44)53)48-33-47(41-15-9-4-10-16-41)34-49(35-48)60-56-31-25-45(39-11-5-2-6-12-39)36-54(56)55-37-46(26-32-57(55)60)40-13-7-3-8-14-40/h2-37H,1H3. The first kappa shape index (κ1) is 34.3. The van der Waals surface area contributed by atoms with Crippen molar-refractivity contribution in [3.05, 3.63) is 224 Å². The summed E-state index contributed by atoms with van der Waals surface area (Å²) in [5.41, 5.74) is 17.0. The Morgan fingerprint density at radius 2 is 0.717 bits per heavy atom. The topological polar surface area (TPSA) is 4.93 Å². The van der Waals surface area contributed by atoms with Crippen LogP contribution in [0.4, 0.5) is 0 Å². The fourth-order valence-electron chi connectivity index (χ4n) is 9.65. The lowest BCUT2D eigenvalue weighted by molar-refractivity contribution is 1.18. The number of nitrogens with zero attached hydrogens (tertiary/aromatic N) is 1. The van der Waals surface area contributed by atoms with Gasteiger partial charge in [0.25, 0.3) is 0 Å². The first-order valence-electron chi connectivity index (χ1n) is 20.8. The Morgan fingerprint density at radius 1 is 0.283 bits per heavy atom. The molecule has 0 saturated heterocycles. The van der Waals surface area contributed by atoms with E-state index in [9.17, 15) is 0 Å². The molecule has 0 aliphatic rings. The van der Waals surface area contributed by atoms with Gasteiger partial charge in [0.15, 0.2) is 0 Å². The van der Waals surface area contributed by atoms with Crippen molar-refractivity contribution >= 4 is 54.1 Å². The molecule has 0 aliphatic heterocycles. The minimum atomic E-state index is 1.14. The van der Waals surface area contributed by atoms with Crippen LogP contribution in [0, 0.1) is 6.92 Å². The van der Waals surface area contributed by atoms with Crippen molar-refractivity contribution < 1.29 is 0 Å². The van der Waals surface area contributed by atoms with Crippen LogP contribution < -0.4 is 0 Å². The van der Waals surface area contributed by atoms with E-state index < -0.39 is 0 Å². The third-order valence-corrected chi connectivity index (χ3v) is 12.6. The molecule has 1 aromatic heterocycles. The van der Waals surface area contributed by atoms with Crippen molar-refractivity contribution in [2.24, 2.45) is 0 Å². The first-order valence-corrected chi connectivity index (χ1v) is 20.8.